The van der Waals surface area contributed by atoms with E-state index in [0.29, 0.717) is 0 Å². The maximum Gasteiger partial charge on any atom is 0.133 e. The summed E-state index contributed by atoms with van der Waals surface area (Å²) in [5.41, 5.74) is 0.928. The van der Waals surface area contributed by atoms with Gasteiger partial charge in [-0.2, -0.15) is 0 Å². The Balaban J connectivity index is 2.77. The average Bonchev–Trinajstić information content (AvgIpc) is 2.05. The standard InChI is InChI=1S/C9H13NO/c1-10(2)9(11)8-6-4-3-5-7-8/h3-7,9,11H,1-2H3/t9-/m0/s1. The Morgan fingerprint density at radius 1 is 1.18 bits per heavy atom. The lowest BCUT2D eigenvalue weighted by Gasteiger charge is -2.18. The Labute approximate surface area is 67.1 Å². The second-order valence-electron chi connectivity index (χ2n) is 2.75. The number of rotatable bonds is 2. The summed E-state index contributed by atoms with van der Waals surface area (Å²) in [7, 11) is 3.69. The van der Waals surface area contributed by atoms with Crippen molar-refractivity contribution in [2.45, 2.75) is 6.23 Å². The summed E-state index contributed by atoms with van der Waals surface area (Å²) in [6.07, 6.45) is -0.490. The molecule has 1 aromatic rings. The van der Waals surface area contributed by atoms with E-state index < -0.39 is 6.23 Å². The summed E-state index contributed by atoms with van der Waals surface area (Å²) in [6.45, 7) is 0. The minimum atomic E-state index is -0.490. The van der Waals surface area contributed by atoms with Crippen molar-refractivity contribution in [3.05, 3.63) is 35.9 Å². The van der Waals surface area contributed by atoms with Gasteiger partial charge in [0, 0.05) is 0 Å². The number of benzene rings is 1. The van der Waals surface area contributed by atoms with Gasteiger partial charge in [-0.1, -0.05) is 30.3 Å². The monoisotopic (exact) mass is 151 g/mol. The molecule has 0 fully saturated rings. The molecule has 1 N–H and O–H groups in total. The van der Waals surface area contributed by atoms with Gasteiger partial charge in [0.2, 0.25) is 0 Å². The fourth-order valence-electron chi connectivity index (χ4n) is 0.923. The van der Waals surface area contributed by atoms with Crippen LogP contribution in [0.15, 0.2) is 30.3 Å². The van der Waals surface area contributed by atoms with E-state index in [9.17, 15) is 5.11 Å². The largest absolute Gasteiger partial charge is 0.374 e. The molecule has 0 aliphatic heterocycles. The number of hydrogen-bond donors (Lipinski definition) is 1. The zero-order valence-electron chi connectivity index (χ0n) is 6.86. The first-order chi connectivity index (χ1) is 5.22. The topological polar surface area (TPSA) is 23.5 Å². The first-order valence-corrected chi connectivity index (χ1v) is 3.61. The molecule has 2 heteroatoms. The fraction of sp³-hybridized carbons (Fsp3) is 0.333. The molecule has 0 amide bonds. The first kappa shape index (κ1) is 8.24. The van der Waals surface area contributed by atoms with Crippen molar-refractivity contribution < 1.29 is 5.11 Å². The van der Waals surface area contributed by atoms with Crippen LogP contribution in [0, 0.1) is 0 Å². The van der Waals surface area contributed by atoms with Gasteiger partial charge in [0.1, 0.15) is 6.23 Å². The number of hydrogen-bond acceptors (Lipinski definition) is 2. The smallest absolute Gasteiger partial charge is 0.133 e. The van der Waals surface area contributed by atoms with Crippen LogP contribution in [0.4, 0.5) is 0 Å². The summed E-state index contributed by atoms with van der Waals surface area (Å²) in [6, 6.07) is 9.59. The van der Waals surface area contributed by atoms with E-state index in [1.54, 1.807) is 4.90 Å². The van der Waals surface area contributed by atoms with E-state index in [0.717, 1.165) is 5.56 Å². The van der Waals surface area contributed by atoms with Gasteiger partial charge >= 0.3 is 0 Å². The van der Waals surface area contributed by atoms with Crippen molar-refractivity contribution in [3.63, 3.8) is 0 Å². The van der Waals surface area contributed by atoms with Crippen LogP contribution in [-0.4, -0.2) is 24.1 Å². The minimum absolute atomic E-state index is 0.490. The Hall–Kier alpha value is -0.860. The van der Waals surface area contributed by atoms with Crippen molar-refractivity contribution in [2.75, 3.05) is 14.1 Å². The summed E-state index contributed by atoms with van der Waals surface area (Å²) < 4.78 is 0. The third-order valence-electron chi connectivity index (χ3n) is 1.59. The van der Waals surface area contributed by atoms with E-state index in [4.69, 9.17) is 0 Å². The zero-order chi connectivity index (χ0) is 8.27. The Morgan fingerprint density at radius 2 is 1.73 bits per heavy atom. The van der Waals surface area contributed by atoms with Crippen LogP contribution in [-0.2, 0) is 0 Å². The molecule has 0 bridgehead atoms. The second kappa shape index (κ2) is 3.51. The lowest BCUT2D eigenvalue weighted by atomic mass is 10.2. The molecule has 0 heterocycles. The molecule has 0 unspecified atom stereocenters. The Kier molecular flexibility index (Phi) is 2.63. The molecule has 0 saturated carbocycles. The summed E-state index contributed by atoms with van der Waals surface area (Å²) in [5.74, 6) is 0. The van der Waals surface area contributed by atoms with Gasteiger partial charge in [-0.15, -0.1) is 0 Å². The van der Waals surface area contributed by atoms with Gasteiger partial charge in [0.25, 0.3) is 0 Å². The van der Waals surface area contributed by atoms with E-state index in [1.165, 1.54) is 0 Å². The van der Waals surface area contributed by atoms with Crippen LogP contribution in [0.25, 0.3) is 0 Å². The van der Waals surface area contributed by atoms with Crippen molar-refractivity contribution >= 4 is 0 Å². The van der Waals surface area contributed by atoms with E-state index >= 15 is 0 Å². The van der Waals surface area contributed by atoms with E-state index in [-0.39, 0.29) is 0 Å². The molecule has 1 atom stereocenters. The molecule has 1 rings (SSSR count). The highest BCUT2D eigenvalue weighted by atomic mass is 16.3. The molecule has 1 aromatic carbocycles. The highest BCUT2D eigenvalue weighted by Gasteiger charge is 2.07. The van der Waals surface area contributed by atoms with Gasteiger partial charge < -0.3 is 5.11 Å². The minimum Gasteiger partial charge on any atom is -0.374 e. The molecule has 0 saturated heterocycles. The molecule has 0 aliphatic carbocycles. The summed E-state index contributed by atoms with van der Waals surface area (Å²) in [4.78, 5) is 1.76. The third-order valence-corrected chi connectivity index (χ3v) is 1.59. The van der Waals surface area contributed by atoms with Gasteiger partial charge in [0.05, 0.1) is 0 Å². The number of aliphatic hydroxyl groups excluding tert-OH is 1. The third kappa shape index (κ3) is 2.03. The predicted octanol–water partition coefficient (Wildman–Crippen LogP) is 1.24. The summed E-state index contributed by atoms with van der Waals surface area (Å²) >= 11 is 0. The van der Waals surface area contributed by atoms with Crippen molar-refractivity contribution in [3.8, 4) is 0 Å². The Bertz CT molecular complexity index is 208. The molecule has 0 spiro atoms. The van der Waals surface area contributed by atoms with Crippen LogP contribution >= 0.6 is 0 Å². The molecule has 2 nitrogen and oxygen atoms in total. The number of aliphatic hydroxyl groups is 1. The van der Waals surface area contributed by atoms with E-state index in [1.807, 2.05) is 44.4 Å². The average molecular weight is 151 g/mol. The predicted molar refractivity (Wildman–Crippen MR) is 45.1 cm³/mol. The maximum absolute atomic E-state index is 9.52. The SMILES string of the molecule is CN(C)[C@@H](O)c1ccccc1. The molecule has 0 radical (unpaired) electrons. The van der Waals surface area contributed by atoms with Crippen LogP contribution in [0.5, 0.6) is 0 Å². The van der Waals surface area contributed by atoms with Crippen LogP contribution in [0.1, 0.15) is 11.8 Å². The van der Waals surface area contributed by atoms with E-state index in [2.05, 4.69) is 0 Å². The van der Waals surface area contributed by atoms with Crippen LogP contribution in [0.3, 0.4) is 0 Å². The quantitative estimate of drug-likeness (QED) is 0.643. The first-order valence-electron chi connectivity index (χ1n) is 3.61. The van der Waals surface area contributed by atoms with Crippen LogP contribution < -0.4 is 0 Å². The maximum atomic E-state index is 9.52. The summed E-state index contributed by atoms with van der Waals surface area (Å²) in [5, 5.41) is 9.52. The van der Waals surface area contributed by atoms with Gasteiger partial charge in [-0.05, 0) is 19.7 Å². The highest BCUT2D eigenvalue weighted by molar-refractivity contribution is 5.16. The van der Waals surface area contributed by atoms with Crippen molar-refractivity contribution in [1.82, 2.24) is 4.90 Å². The molecular formula is C9H13NO. The molecular weight excluding hydrogens is 138 g/mol. The second-order valence-corrected chi connectivity index (χ2v) is 2.75. The fourth-order valence-corrected chi connectivity index (χ4v) is 0.923. The highest BCUT2D eigenvalue weighted by Crippen LogP contribution is 2.12. The zero-order valence-corrected chi connectivity index (χ0v) is 6.86. The number of nitrogens with zero attached hydrogens (tertiary/aromatic N) is 1. The van der Waals surface area contributed by atoms with Crippen molar-refractivity contribution in [2.24, 2.45) is 0 Å². The van der Waals surface area contributed by atoms with Gasteiger partial charge in [0.15, 0.2) is 0 Å². The molecule has 0 aliphatic rings. The molecule has 60 valence electrons. The van der Waals surface area contributed by atoms with Crippen molar-refractivity contribution in [1.29, 1.82) is 0 Å². The molecule has 11 heavy (non-hydrogen) atoms. The van der Waals surface area contributed by atoms with Gasteiger partial charge in [-0.25, -0.2) is 0 Å². The lowest BCUT2D eigenvalue weighted by Crippen LogP contribution is -2.18. The normalized spacial score (nSPS) is 13.5. The van der Waals surface area contributed by atoms with Crippen LogP contribution in [0.2, 0.25) is 0 Å². The van der Waals surface area contributed by atoms with Gasteiger partial charge in [-0.3, -0.25) is 4.90 Å². The Morgan fingerprint density at radius 3 is 2.18 bits per heavy atom. The molecule has 0 aromatic heterocycles. The lowest BCUT2D eigenvalue weighted by molar-refractivity contribution is 0.0395.